The molecular weight excluding hydrogens is 298 g/mol. The van der Waals surface area contributed by atoms with Crippen molar-refractivity contribution in [3.8, 4) is 0 Å². The van der Waals surface area contributed by atoms with Crippen molar-refractivity contribution in [3.63, 3.8) is 0 Å². The maximum absolute atomic E-state index is 12.5. The molecule has 21 heavy (non-hydrogen) atoms. The van der Waals surface area contributed by atoms with Gasteiger partial charge >= 0.3 is 5.97 Å². The minimum Gasteiger partial charge on any atom is -0.468 e. The Morgan fingerprint density at radius 3 is 2.19 bits per heavy atom. The summed E-state index contributed by atoms with van der Waals surface area (Å²) >= 11 is 5.85. The predicted octanol–water partition coefficient (Wildman–Crippen LogP) is 0.599. The van der Waals surface area contributed by atoms with E-state index in [9.17, 15) is 19.2 Å². The molecule has 0 spiro atoms. The van der Waals surface area contributed by atoms with E-state index < -0.39 is 34.7 Å². The van der Waals surface area contributed by atoms with Gasteiger partial charge < -0.3 is 9.64 Å². The van der Waals surface area contributed by atoms with E-state index in [-0.39, 0.29) is 22.4 Å². The molecule has 1 atom stereocenters. The number of Topliss-reactive ketones (excluding diaryl/α,β-unsaturated/α-hetero) is 2. The second-order valence-electron chi connectivity index (χ2n) is 5.03. The Morgan fingerprint density at radius 2 is 1.71 bits per heavy atom. The fraction of sp³-hybridized carbons (Fsp3) is 0.429. The van der Waals surface area contributed by atoms with Crippen LogP contribution in [0.5, 0.6) is 0 Å². The molecule has 0 aromatic heterocycles. The lowest BCUT2D eigenvalue weighted by atomic mass is 9.75. The molecule has 7 heteroatoms. The number of carbonyl (C=O) groups excluding carboxylic acids is 4. The highest BCUT2D eigenvalue weighted by atomic mass is 35.5. The quantitative estimate of drug-likeness (QED) is 0.323. The Labute approximate surface area is 126 Å². The van der Waals surface area contributed by atoms with E-state index in [0.29, 0.717) is 0 Å². The smallest absolute Gasteiger partial charge is 0.327 e. The second-order valence-corrected chi connectivity index (χ2v) is 5.29. The molecule has 1 aliphatic carbocycles. The van der Waals surface area contributed by atoms with Gasteiger partial charge in [-0.25, -0.2) is 0 Å². The van der Waals surface area contributed by atoms with Crippen molar-refractivity contribution in [2.75, 3.05) is 20.0 Å². The van der Waals surface area contributed by atoms with Crippen molar-refractivity contribution in [1.82, 2.24) is 4.90 Å². The van der Waals surface area contributed by atoms with E-state index >= 15 is 0 Å². The number of alkyl halides is 1. The van der Waals surface area contributed by atoms with Crippen molar-refractivity contribution < 1.29 is 23.9 Å². The molecule has 1 unspecified atom stereocenters. The minimum absolute atomic E-state index is 0.0841. The zero-order chi connectivity index (χ0) is 16.1. The van der Waals surface area contributed by atoms with Crippen molar-refractivity contribution in [2.45, 2.75) is 13.8 Å². The van der Waals surface area contributed by atoms with E-state index in [1.54, 1.807) is 0 Å². The highest BCUT2D eigenvalue weighted by Crippen LogP contribution is 2.46. The normalized spacial score (nSPS) is 25.8. The standard InChI is InChI=1S/C14H14ClNO5/c1-6-7(2)11(18)9-8(10(6)17)14(5-15,13(20)21-4)12(19)16(9)3/h5H2,1-4H3. The number of ketones is 2. The molecular formula is C14H14ClNO5. The summed E-state index contributed by atoms with van der Waals surface area (Å²) in [4.78, 5) is 50.6. The van der Waals surface area contributed by atoms with Crippen molar-refractivity contribution >= 4 is 35.0 Å². The van der Waals surface area contributed by atoms with Crippen LogP contribution in [0.4, 0.5) is 0 Å². The number of methoxy groups -OCH3 is 1. The van der Waals surface area contributed by atoms with Gasteiger partial charge in [-0.15, -0.1) is 11.6 Å². The first-order valence-corrected chi connectivity index (χ1v) is 6.73. The molecule has 0 bridgehead atoms. The van der Waals surface area contributed by atoms with Crippen LogP contribution in [-0.2, 0) is 23.9 Å². The van der Waals surface area contributed by atoms with Crippen molar-refractivity contribution in [3.05, 3.63) is 22.4 Å². The summed E-state index contributed by atoms with van der Waals surface area (Å²) in [5, 5.41) is 0. The highest BCUT2D eigenvalue weighted by molar-refractivity contribution is 6.35. The summed E-state index contributed by atoms with van der Waals surface area (Å²) in [6.45, 7) is 2.99. The van der Waals surface area contributed by atoms with Crippen LogP contribution in [0, 0.1) is 5.41 Å². The SMILES string of the molecule is COC(=O)C1(CCl)C(=O)N(C)C2=C1C(=O)C(C)=C(C)C2=O. The molecule has 2 rings (SSSR count). The number of rotatable bonds is 2. The molecule has 0 aromatic carbocycles. The third kappa shape index (κ3) is 1.65. The number of carbonyl (C=O) groups is 4. The molecule has 112 valence electrons. The second kappa shape index (κ2) is 4.80. The number of ether oxygens (including phenoxy) is 1. The van der Waals surface area contributed by atoms with E-state index in [0.717, 1.165) is 12.0 Å². The number of nitrogens with zero attached hydrogens (tertiary/aromatic N) is 1. The van der Waals surface area contributed by atoms with Crippen LogP contribution in [-0.4, -0.2) is 48.4 Å². The van der Waals surface area contributed by atoms with Gasteiger partial charge in [-0.05, 0) is 13.8 Å². The Kier molecular flexibility index (Phi) is 3.53. The van der Waals surface area contributed by atoms with Gasteiger partial charge in [0, 0.05) is 18.2 Å². The molecule has 6 nitrogen and oxygen atoms in total. The van der Waals surface area contributed by atoms with Gasteiger partial charge in [0.1, 0.15) is 5.70 Å². The van der Waals surface area contributed by atoms with Crippen LogP contribution in [0.1, 0.15) is 13.8 Å². The average Bonchev–Trinajstić information content (AvgIpc) is 2.71. The number of amides is 1. The number of esters is 1. The minimum atomic E-state index is -1.95. The van der Waals surface area contributed by atoms with E-state index in [4.69, 9.17) is 11.6 Å². The summed E-state index contributed by atoms with van der Waals surface area (Å²) in [6.07, 6.45) is 0. The summed E-state index contributed by atoms with van der Waals surface area (Å²) in [6, 6.07) is 0. The van der Waals surface area contributed by atoms with Gasteiger partial charge in [0.2, 0.25) is 11.7 Å². The van der Waals surface area contributed by atoms with E-state index in [1.165, 1.54) is 20.9 Å². The maximum atomic E-state index is 12.5. The predicted molar refractivity (Wildman–Crippen MR) is 73.4 cm³/mol. The van der Waals surface area contributed by atoms with Crippen LogP contribution < -0.4 is 0 Å². The first-order chi connectivity index (χ1) is 9.75. The maximum Gasteiger partial charge on any atom is 0.327 e. The molecule has 1 heterocycles. The summed E-state index contributed by atoms with van der Waals surface area (Å²) < 4.78 is 4.66. The molecule has 0 radical (unpaired) electrons. The van der Waals surface area contributed by atoms with Gasteiger partial charge in [-0.3, -0.25) is 19.2 Å². The van der Waals surface area contributed by atoms with E-state index in [1.807, 2.05) is 0 Å². The Bertz CT molecular complexity index is 660. The summed E-state index contributed by atoms with van der Waals surface area (Å²) in [5.41, 5.74) is -1.74. The number of allylic oxidation sites excluding steroid dienone is 2. The van der Waals surface area contributed by atoms with Crippen LogP contribution in [0.3, 0.4) is 0 Å². The molecule has 1 aliphatic heterocycles. The summed E-state index contributed by atoms with van der Waals surface area (Å²) in [7, 11) is 2.44. The van der Waals surface area contributed by atoms with Gasteiger partial charge in [-0.2, -0.15) is 0 Å². The topological polar surface area (TPSA) is 80.8 Å². The first kappa shape index (κ1) is 15.4. The van der Waals surface area contributed by atoms with Crippen LogP contribution in [0.25, 0.3) is 0 Å². The zero-order valence-corrected chi connectivity index (χ0v) is 12.8. The van der Waals surface area contributed by atoms with Gasteiger partial charge in [-0.1, -0.05) is 0 Å². The fourth-order valence-corrected chi connectivity index (χ4v) is 3.04. The molecule has 0 saturated heterocycles. The Morgan fingerprint density at radius 1 is 1.19 bits per heavy atom. The fourth-order valence-electron chi connectivity index (χ4n) is 2.68. The third-order valence-electron chi connectivity index (χ3n) is 4.09. The average molecular weight is 312 g/mol. The zero-order valence-electron chi connectivity index (χ0n) is 12.1. The lowest BCUT2D eigenvalue weighted by Crippen LogP contribution is -2.46. The number of hydrogen-bond donors (Lipinski definition) is 0. The lowest BCUT2D eigenvalue weighted by molar-refractivity contribution is -0.156. The summed E-state index contributed by atoms with van der Waals surface area (Å²) in [5.74, 6) is -3.10. The largest absolute Gasteiger partial charge is 0.468 e. The Balaban J connectivity index is 2.81. The molecule has 0 saturated carbocycles. The Hall–Kier alpha value is -1.95. The molecule has 0 N–H and O–H groups in total. The van der Waals surface area contributed by atoms with Crippen molar-refractivity contribution in [2.24, 2.45) is 5.41 Å². The highest BCUT2D eigenvalue weighted by Gasteiger charge is 2.62. The monoisotopic (exact) mass is 311 g/mol. The molecule has 0 fully saturated rings. The van der Waals surface area contributed by atoms with Crippen LogP contribution in [0.2, 0.25) is 0 Å². The van der Waals surface area contributed by atoms with Crippen molar-refractivity contribution in [1.29, 1.82) is 0 Å². The van der Waals surface area contributed by atoms with Gasteiger partial charge in [0.25, 0.3) is 0 Å². The third-order valence-corrected chi connectivity index (χ3v) is 4.49. The molecule has 0 aromatic rings. The first-order valence-electron chi connectivity index (χ1n) is 6.19. The van der Waals surface area contributed by atoms with E-state index in [2.05, 4.69) is 4.74 Å². The van der Waals surface area contributed by atoms with Gasteiger partial charge in [0.15, 0.2) is 11.2 Å². The number of likely N-dealkylation sites (N-methyl/N-ethyl adjacent to an activating group) is 1. The van der Waals surface area contributed by atoms with Gasteiger partial charge in [0.05, 0.1) is 18.6 Å². The van der Waals surface area contributed by atoms with Crippen LogP contribution in [0.15, 0.2) is 22.4 Å². The number of hydrogen-bond acceptors (Lipinski definition) is 5. The number of halogens is 1. The molecule has 2 aliphatic rings. The lowest BCUT2D eigenvalue weighted by Gasteiger charge is -2.25. The molecule has 1 amide bonds. The van der Waals surface area contributed by atoms with Crippen LogP contribution >= 0.6 is 11.6 Å².